The molecular weight excluding hydrogens is 571 g/mol. The zero-order valence-corrected chi connectivity index (χ0v) is 24.3. The van der Waals surface area contributed by atoms with Crippen LogP contribution < -0.4 is 10.9 Å². The molecule has 1 aromatic carbocycles. The van der Waals surface area contributed by atoms with E-state index in [0.717, 1.165) is 22.1 Å². The Morgan fingerprint density at radius 1 is 1.25 bits per heavy atom. The molecule has 5 heterocycles. The number of aryl methyl sites for hydroxylation is 2. The molecule has 0 saturated carbocycles. The summed E-state index contributed by atoms with van der Waals surface area (Å²) in [5.41, 5.74) is 2.90. The summed E-state index contributed by atoms with van der Waals surface area (Å²) in [5, 5.41) is 32.3. The summed E-state index contributed by atoms with van der Waals surface area (Å²) in [6.07, 6.45) is 3.31. The number of ether oxygens (including phenoxy) is 1. The number of fused-ring (bicyclic) bond motifs is 5. The first kappa shape index (κ1) is 28.3. The summed E-state index contributed by atoms with van der Waals surface area (Å²) in [6.45, 7) is 3.56. The number of hydrogen-bond acceptors (Lipinski definition) is 9. The molecule has 0 fully saturated rings. The lowest BCUT2D eigenvalue weighted by atomic mass is 9.81. The van der Waals surface area contributed by atoms with Crippen LogP contribution in [-0.4, -0.2) is 53.2 Å². The molecule has 2 aliphatic heterocycles. The summed E-state index contributed by atoms with van der Waals surface area (Å²) in [7, 11) is 0. The largest absolute Gasteiger partial charge is 0.458 e. The molecule has 3 aliphatic rings. The van der Waals surface area contributed by atoms with Crippen LogP contribution in [0.2, 0.25) is 0 Å². The van der Waals surface area contributed by atoms with Gasteiger partial charge in [0.2, 0.25) is 5.91 Å². The number of carbonyl (C=O) groups is 2. The van der Waals surface area contributed by atoms with Crippen molar-refractivity contribution in [3.05, 3.63) is 73.6 Å². The number of nitrogens with one attached hydrogen (secondary N) is 1. The second-order valence-electron chi connectivity index (χ2n) is 11.7. The van der Waals surface area contributed by atoms with Crippen LogP contribution in [0.5, 0.6) is 0 Å². The minimum atomic E-state index is -1.97. The number of pyridine rings is 2. The SMILES string of the molecule is CC[C@@]1(O)C(=O)OCc2c1cc1n(c2=O)Cc2c-1nc1cc(F)c(C)c3c1c2[C@@H](NC(=O)CCc1cn(CCO)nn1)CC3. The number of nitrogens with zero attached hydrogens (tertiary/aromatic N) is 5. The second kappa shape index (κ2) is 10.3. The number of aliphatic hydroxyl groups excluding tert-OH is 1. The van der Waals surface area contributed by atoms with Gasteiger partial charge in [-0.3, -0.25) is 9.59 Å². The van der Waals surface area contributed by atoms with Gasteiger partial charge in [0, 0.05) is 41.6 Å². The van der Waals surface area contributed by atoms with Crippen LogP contribution >= 0.6 is 0 Å². The highest BCUT2D eigenvalue weighted by Crippen LogP contribution is 2.46. The number of amides is 1. The average Bonchev–Trinajstić information content (AvgIpc) is 3.62. The molecule has 7 rings (SSSR count). The molecule has 0 radical (unpaired) electrons. The quantitative estimate of drug-likeness (QED) is 0.236. The minimum Gasteiger partial charge on any atom is -0.458 e. The molecule has 0 spiro atoms. The smallest absolute Gasteiger partial charge is 0.343 e. The van der Waals surface area contributed by atoms with E-state index in [-0.39, 0.29) is 61.0 Å². The van der Waals surface area contributed by atoms with Gasteiger partial charge >= 0.3 is 5.97 Å². The van der Waals surface area contributed by atoms with E-state index in [4.69, 9.17) is 14.8 Å². The van der Waals surface area contributed by atoms with Crippen LogP contribution in [0.4, 0.5) is 4.39 Å². The fraction of sp³-hybridized carbons (Fsp3) is 0.419. The van der Waals surface area contributed by atoms with E-state index < -0.39 is 17.6 Å². The molecule has 12 nitrogen and oxygen atoms in total. The van der Waals surface area contributed by atoms with Crippen molar-refractivity contribution >= 4 is 22.8 Å². The van der Waals surface area contributed by atoms with Gasteiger partial charge in [0.25, 0.3) is 5.56 Å². The number of benzene rings is 1. The van der Waals surface area contributed by atoms with Crippen LogP contribution in [0.15, 0.2) is 23.1 Å². The molecule has 3 N–H and O–H groups in total. The van der Waals surface area contributed by atoms with Gasteiger partial charge in [-0.05, 0) is 48.9 Å². The Hall–Kier alpha value is -4.49. The Bertz CT molecular complexity index is 1950. The molecule has 0 unspecified atom stereocenters. The first-order valence-corrected chi connectivity index (χ1v) is 14.8. The number of carbonyl (C=O) groups excluding carboxylic acids is 2. The third kappa shape index (κ3) is 4.17. The summed E-state index contributed by atoms with van der Waals surface area (Å²) in [6, 6.07) is 2.60. The lowest BCUT2D eigenvalue weighted by Gasteiger charge is -2.31. The average molecular weight is 603 g/mol. The first-order chi connectivity index (χ1) is 21.1. The standard InChI is InChI=1S/C31H31FN6O6/c1-3-31(43)20-10-24-28-18(13-38(24)29(41)19(20)14-44-30(31)42)27-22(6-5-17-15(2)21(32)11-23(34-28)26(17)27)33-25(40)7-4-16-12-37(8-9-39)36-35-16/h10-12,22,39,43H,3-9,13-14H2,1-2H3,(H,33,40)/t22-,31-/m0/s1. The predicted octanol–water partition coefficient (Wildman–Crippen LogP) is 1.85. The van der Waals surface area contributed by atoms with Gasteiger partial charge in [-0.2, -0.15) is 0 Å². The van der Waals surface area contributed by atoms with Crippen LogP contribution in [0, 0.1) is 12.7 Å². The topological polar surface area (TPSA) is 161 Å². The summed E-state index contributed by atoms with van der Waals surface area (Å²) in [4.78, 5) is 44.4. The monoisotopic (exact) mass is 602 g/mol. The Kier molecular flexibility index (Phi) is 6.63. The summed E-state index contributed by atoms with van der Waals surface area (Å²) in [5.74, 6) is -1.39. The molecule has 13 heteroatoms. The predicted molar refractivity (Wildman–Crippen MR) is 154 cm³/mol. The van der Waals surface area contributed by atoms with Gasteiger partial charge in [0.05, 0.1) is 53.9 Å². The minimum absolute atomic E-state index is 0.0185. The van der Waals surface area contributed by atoms with E-state index >= 15 is 4.39 Å². The number of rotatable bonds is 7. The van der Waals surface area contributed by atoms with Gasteiger partial charge in [-0.1, -0.05) is 12.1 Å². The van der Waals surface area contributed by atoms with Gasteiger partial charge in [0.1, 0.15) is 12.4 Å². The Labute approximate surface area is 250 Å². The van der Waals surface area contributed by atoms with Crippen molar-refractivity contribution in [3.63, 3.8) is 0 Å². The molecule has 1 aliphatic carbocycles. The zero-order valence-electron chi connectivity index (χ0n) is 24.3. The van der Waals surface area contributed by atoms with Crippen LogP contribution in [0.1, 0.15) is 71.3 Å². The van der Waals surface area contributed by atoms with Crippen molar-refractivity contribution in [2.75, 3.05) is 6.61 Å². The highest BCUT2D eigenvalue weighted by atomic mass is 19.1. The number of aromatic nitrogens is 5. The highest BCUT2D eigenvalue weighted by Gasteiger charge is 2.46. The number of aliphatic hydroxyl groups is 2. The zero-order chi connectivity index (χ0) is 30.9. The lowest BCUT2D eigenvalue weighted by molar-refractivity contribution is -0.172. The van der Waals surface area contributed by atoms with Gasteiger partial charge in [0.15, 0.2) is 5.60 Å². The van der Waals surface area contributed by atoms with Crippen LogP contribution in [0.25, 0.3) is 22.3 Å². The fourth-order valence-corrected chi connectivity index (χ4v) is 6.87. The van der Waals surface area contributed by atoms with Crippen molar-refractivity contribution in [1.82, 2.24) is 29.9 Å². The van der Waals surface area contributed by atoms with E-state index in [2.05, 4.69) is 15.6 Å². The third-order valence-corrected chi connectivity index (χ3v) is 9.24. The number of cyclic esters (lactones) is 1. The maximum Gasteiger partial charge on any atom is 0.343 e. The molecule has 0 saturated heterocycles. The molecule has 1 amide bonds. The van der Waals surface area contributed by atoms with Crippen molar-refractivity contribution in [2.24, 2.45) is 0 Å². The Morgan fingerprint density at radius 2 is 2.07 bits per heavy atom. The lowest BCUT2D eigenvalue weighted by Crippen LogP contribution is -2.44. The Balaban J connectivity index is 1.31. The van der Waals surface area contributed by atoms with Crippen LogP contribution in [-0.2, 0) is 52.5 Å². The van der Waals surface area contributed by atoms with E-state index in [9.17, 15) is 19.5 Å². The van der Waals surface area contributed by atoms with Gasteiger partial charge < -0.3 is 24.8 Å². The molecular formula is C31H31FN6O6. The van der Waals surface area contributed by atoms with Crippen molar-refractivity contribution in [2.45, 2.75) is 77.3 Å². The maximum absolute atomic E-state index is 15.1. The molecule has 228 valence electrons. The van der Waals surface area contributed by atoms with Crippen molar-refractivity contribution in [1.29, 1.82) is 0 Å². The van der Waals surface area contributed by atoms with E-state index in [1.54, 1.807) is 30.7 Å². The summed E-state index contributed by atoms with van der Waals surface area (Å²) < 4.78 is 23.4. The van der Waals surface area contributed by atoms with Crippen molar-refractivity contribution < 1.29 is 28.9 Å². The number of halogens is 1. The molecule has 3 aromatic heterocycles. The molecule has 4 aromatic rings. The van der Waals surface area contributed by atoms with Crippen LogP contribution in [0.3, 0.4) is 0 Å². The first-order valence-electron chi connectivity index (χ1n) is 14.8. The van der Waals surface area contributed by atoms with Crippen molar-refractivity contribution in [3.8, 4) is 11.4 Å². The van der Waals surface area contributed by atoms with E-state index in [1.165, 1.54) is 10.7 Å². The maximum atomic E-state index is 15.1. The van der Waals surface area contributed by atoms with E-state index in [0.29, 0.717) is 54.0 Å². The molecule has 44 heavy (non-hydrogen) atoms. The number of esters is 1. The third-order valence-electron chi connectivity index (χ3n) is 9.24. The fourth-order valence-electron chi connectivity index (χ4n) is 6.87. The second-order valence-corrected chi connectivity index (χ2v) is 11.7. The molecule has 2 atom stereocenters. The summed E-state index contributed by atoms with van der Waals surface area (Å²) >= 11 is 0. The Morgan fingerprint density at radius 3 is 2.84 bits per heavy atom. The normalized spacial score (nSPS) is 19.8. The molecule has 0 bridgehead atoms. The highest BCUT2D eigenvalue weighted by molar-refractivity contribution is 5.94. The number of hydrogen-bond donors (Lipinski definition) is 3. The van der Waals surface area contributed by atoms with Gasteiger partial charge in [-0.15, -0.1) is 5.10 Å². The van der Waals surface area contributed by atoms with Gasteiger partial charge in [-0.25, -0.2) is 18.9 Å². The van der Waals surface area contributed by atoms with E-state index in [1.807, 2.05) is 0 Å².